The molecular weight excluding hydrogens is 234 g/mol. The molecule has 2 amide bonds. The molecule has 1 N–H and O–H groups in total. The molecule has 0 bridgehead atoms. The molecule has 1 fully saturated rings. The van der Waals surface area contributed by atoms with Crippen LogP contribution in [0.4, 0.5) is 0 Å². The molecular formula is C13H15NO4. The van der Waals surface area contributed by atoms with Crippen molar-refractivity contribution in [2.24, 2.45) is 5.92 Å². The number of methoxy groups -OCH3 is 2. The molecule has 1 aliphatic rings. The van der Waals surface area contributed by atoms with Crippen LogP contribution >= 0.6 is 0 Å². The van der Waals surface area contributed by atoms with Crippen LogP contribution in [0.15, 0.2) is 18.2 Å². The summed E-state index contributed by atoms with van der Waals surface area (Å²) in [6.45, 7) is 0. The van der Waals surface area contributed by atoms with E-state index in [1.807, 2.05) is 12.1 Å². The number of ether oxygens (including phenoxy) is 2. The smallest absolute Gasteiger partial charge is 0.230 e. The van der Waals surface area contributed by atoms with Crippen molar-refractivity contribution in [2.45, 2.75) is 12.8 Å². The first kappa shape index (κ1) is 12.4. The Bertz CT molecular complexity index is 484. The highest BCUT2D eigenvalue weighted by Crippen LogP contribution is 2.28. The highest BCUT2D eigenvalue weighted by Gasteiger charge is 2.31. The van der Waals surface area contributed by atoms with Crippen molar-refractivity contribution in [2.75, 3.05) is 14.2 Å². The first-order chi connectivity index (χ1) is 8.63. The molecule has 1 aromatic rings. The lowest BCUT2D eigenvalue weighted by atomic mass is 9.97. The van der Waals surface area contributed by atoms with Gasteiger partial charge in [0.1, 0.15) is 11.5 Å². The van der Waals surface area contributed by atoms with Gasteiger partial charge in [-0.3, -0.25) is 14.9 Å². The SMILES string of the molecule is COc1ccc(CC2CC(=O)NC2=O)c(OC)c1. The van der Waals surface area contributed by atoms with Gasteiger partial charge in [-0.2, -0.15) is 0 Å². The maximum atomic E-state index is 11.5. The van der Waals surface area contributed by atoms with E-state index in [-0.39, 0.29) is 24.2 Å². The van der Waals surface area contributed by atoms with E-state index in [9.17, 15) is 9.59 Å². The fourth-order valence-electron chi connectivity index (χ4n) is 2.06. The van der Waals surface area contributed by atoms with Crippen molar-refractivity contribution in [3.05, 3.63) is 23.8 Å². The molecule has 0 radical (unpaired) electrons. The van der Waals surface area contributed by atoms with Crippen LogP contribution in [0.2, 0.25) is 0 Å². The van der Waals surface area contributed by atoms with Gasteiger partial charge in [-0.1, -0.05) is 6.07 Å². The Morgan fingerprint density at radius 3 is 2.61 bits per heavy atom. The van der Waals surface area contributed by atoms with E-state index in [1.165, 1.54) is 0 Å². The molecule has 1 aliphatic heterocycles. The summed E-state index contributed by atoms with van der Waals surface area (Å²) in [6.07, 6.45) is 0.735. The van der Waals surface area contributed by atoms with Crippen LogP contribution in [0.5, 0.6) is 11.5 Å². The van der Waals surface area contributed by atoms with E-state index in [1.54, 1.807) is 20.3 Å². The Morgan fingerprint density at radius 1 is 1.28 bits per heavy atom. The summed E-state index contributed by atoms with van der Waals surface area (Å²) in [7, 11) is 3.15. The predicted molar refractivity (Wildman–Crippen MR) is 64.5 cm³/mol. The highest BCUT2D eigenvalue weighted by atomic mass is 16.5. The van der Waals surface area contributed by atoms with E-state index in [0.717, 1.165) is 5.56 Å². The van der Waals surface area contributed by atoms with Crippen LogP contribution in [0.1, 0.15) is 12.0 Å². The number of rotatable bonds is 4. The van der Waals surface area contributed by atoms with Gasteiger partial charge < -0.3 is 9.47 Å². The number of imide groups is 1. The first-order valence-electron chi connectivity index (χ1n) is 5.68. The van der Waals surface area contributed by atoms with Crippen molar-refractivity contribution in [1.82, 2.24) is 5.32 Å². The Labute approximate surface area is 105 Å². The maximum absolute atomic E-state index is 11.5. The summed E-state index contributed by atoms with van der Waals surface area (Å²) in [4.78, 5) is 22.6. The molecule has 1 unspecified atom stereocenters. The zero-order valence-electron chi connectivity index (χ0n) is 10.4. The summed E-state index contributed by atoms with van der Waals surface area (Å²) < 4.78 is 10.4. The van der Waals surface area contributed by atoms with Crippen molar-refractivity contribution in [3.63, 3.8) is 0 Å². The Balaban J connectivity index is 2.18. The van der Waals surface area contributed by atoms with Gasteiger partial charge in [-0.05, 0) is 18.1 Å². The third-order valence-corrected chi connectivity index (χ3v) is 3.03. The van der Waals surface area contributed by atoms with Gasteiger partial charge >= 0.3 is 0 Å². The Morgan fingerprint density at radius 2 is 2.06 bits per heavy atom. The minimum absolute atomic E-state index is 0.210. The highest BCUT2D eigenvalue weighted by molar-refractivity contribution is 6.03. The van der Waals surface area contributed by atoms with Crippen LogP contribution in [-0.4, -0.2) is 26.0 Å². The minimum atomic E-state index is -0.306. The molecule has 2 rings (SSSR count). The average Bonchev–Trinajstić information content (AvgIpc) is 2.68. The molecule has 0 saturated carbocycles. The monoisotopic (exact) mass is 249 g/mol. The average molecular weight is 249 g/mol. The van der Waals surface area contributed by atoms with E-state index in [4.69, 9.17) is 9.47 Å². The third kappa shape index (κ3) is 2.45. The number of nitrogens with one attached hydrogen (secondary N) is 1. The Hall–Kier alpha value is -2.04. The van der Waals surface area contributed by atoms with Crippen molar-refractivity contribution in [1.29, 1.82) is 0 Å². The van der Waals surface area contributed by atoms with E-state index in [0.29, 0.717) is 17.9 Å². The van der Waals surface area contributed by atoms with Gasteiger partial charge in [0.25, 0.3) is 0 Å². The summed E-state index contributed by atoms with van der Waals surface area (Å²) >= 11 is 0. The number of benzene rings is 1. The topological polar surface area (TPSA) is 64.6 Å². The van der Waals surface area contributed by atoms with Gasteiger partial charge in [0, 0.05) is 12.5 Å². The molecule has 96 valence electrons. The van der Waals surface area contributed by atoms with Crippen LogP contribution < -0.4 is 14.8 Å². The Kier molecular flexibility index (Phi) is 3.50. The fourth-order valence-corrected chi connectivity index (χ4v) is 2.06. The van der Waals surface area contributed by atoms with E-state index < -0.39 is 0 Å². The van der Waals surface area contributed by atoms with Crippen molar-refractivity contribution >= 4 is 11.8 Å². The normalized spacial score (nSPS) is 18.7. The minimum Gasteiger partial charge on any atom is -0.497 e. The van der Waals surface area contributed by atoms with Crippen LogP contribution in [0.3, 0.4) is 0 Å². The number of hydrogen-bond donors (Lipinski definition) is 1. The van der Waals surface area contributed by atoms with Crippen molar-refractivity contribution < 1.29 is 19.1 Å². The number of amides is 2. The maximum Gasteiger partial charge on any atom is 0.230 e. The zero-order chi connectivity index (χ0) is 13.1. The van der Waals surface area contributed by atoms with Gasteiger partial charge in [0.2, 0.25) is 11.8 Å². The second-order valence-corrected chi connectivity index (χ2v) is 4.20. The molecule has 1 atom stereocenters. The molecule has 1 saturated heterocycles. The van der Waals surface area contributed by atoms with Crippen LogP contribution in [-0.2, 0) is 16.0 Å². The van der Waals surface area contributed by atoms with E-state index >= 15 is 0 Å². The van der Waals surface area contributed by atoms with Gasteiger partial charge in [0.15, 0.2) is 0 Å². The first-order valence-corrected chi connectivity index (χ1v) is 5.68. The molecule has 0 aromatic heterocycles. The second kappa shape index (κ2) is 5.08. The standard InChI is InChI=1S/C13H15NO4/c1-17-10-4-3-8(11(7-10)18-2)5-9-6-12(15)14-13(9)16/h3-4,7,9H,5-6H2,1-2H3,(H,14,15,16). The molecule has 0 aliphatic carbocycles. The molecule has 18 heavy (non-hydrogen) atoms. The second-order valence-electron chi connectivity index (χ2n) is 4.20. The molecule has 5 heteroatoms. The third-order valence-electron chi connectivity index (χ3n) is 3.03. The molecule has 0 spiro atoms. The summed E-state index contributed by atoms with van der Waals surface area (Å²) in [5.41, 5.74) is 0.896. The zero-order valence-corrected chi connectivity index (χ0v) is 10.4. The largest absolute Gasteiger partial charge is 0.497 e. The molecule has 5 nitrogen and oxygen atoms in total. The number of carbonyl (C=O) groups excluding carboxylic acids is 2. The summed E-state index contributed by atoms with van der Waals surface area (Å²) in [5, 5.41) is 2.30. The summed E-state index contributed by atoms with van der Waals surface area (Å²) in [6, 6.07) is 5.43. The fraction of sp³-hybridized carbons (Fsp3) is 0.385. The lowest BCUT2D eigenvalue weighted by Gasteiger charge is -2.12. The van der Waals surface area contributed by atoms with Gasteiger partial charge in [-0.25, -0.2) is 0 Å². The van der Waals surface area contributed by atoms with Crippen molar-refractivity contribution in [3.8, 4) is 11.5 Å². The lowest BCUT2D eigenvalue weighted by molar-refractivity contribution is -0.125. The summed E-state index contributed by atoms with van der Waals surface area (Å²) in [5.74, 6) is 0.638. The van der Waals surface area contributed by atoms with Crippen LogP contribution in [0, 0.1) is 5.92 Å². The number of hydrogen-bond acceptors (Lipinski definition) is 4. The van der Waals surface area contributed by atoms with Gasteiger partial charge in [0.05, 0.1) is 20.1 Å². The van der Waals surface area contributed by atoms with Crippen LogP contribution in [0.25, 0.3) is 0 Å². The quantitative estimate of drug-likeness (QED) is 0.805. The van der Waals surface area contributed by atoms with E-state index in [2.05, 4.69) is 5.32 Å². The predicted octanol–water partition coefficient (Wildman–Crippen LogP) is 0.909. The lowest BCUT2D eigenvalue weighted by Crippen LogP contribution is -2.22. The molecule has 1 aromatic carbocycles. The number of carbonyl (C=O) groups is 2. The van der Waals surface area contributed by atoms with Gasteiger partial charge in [-0.15, -0.1) is 0 Å². The molecule has 1 heterocycles.